The van der Waals surface area contributed by atoms with Crippen LogP contribution in [0.15, 0.2) is 23.1 Å². The van der Waals surface area contributed by atoms with E-state index in [1.807, 2.05) is 0 Å². The second-order valence-electron chi connectivity index (χ2n) is 8.58. The molecular weight excluding hydrogens is 402 g/mol. The van der Waals surface area contributed by atoms with E-state index in [4.69, 9.17) is 0 Å². The van der Waals surface area contributed by atoms with Gasteiger partial charge in [0.1, 0.15) is 6.04 Å². The van der Waals surface area contributed by atoms with Crippen molar-refractivity contribution in [2.24, 2.45) is 0 Å². The van der Waals surface area contributed by atoms with Gasteiger partial charge in [0.05, 0.1) is 4.90 Å². The van der Waals surface area contributed by atoms with Crippen molar-refractivity contribution in [2.75, 3.05) is 18.0 Å². The maximum Gasteiger partial charge on any atom is 0.243 e. The fourth-order valence-corrected chi connectivity index (χ4v) is 6.47. The largest absolute Gasteiger partial charge is 0.352 e. The zero-order valence-corrected chi connectivity index (χ0v) is 18.4. The predicted octanol–water partition coefficient (Wildman–Crippen LogP) is 2.59. The second-order valence-corrected chi connectivity index (χ2v) is 10.5. The third-order valence-corrected chi connectivity index (χ3v) is 8.46. The van der Waals surface area contributed by atoms with Crippen molar-refractivity contribution >= 4 is 27.5 Å². The van der Waals surface area contributed by atoms with Gasteiger partial charge in [-0.05, 0) is 49.4 Å². The van der Waals surface area contributed by atoms with Gasteiger partial charge < -0.3 is 5.32 Å². The van der Waals surface area contributed by atoms with Crippen molar-refractivity contribution in [2.45, 2.75) is 81.7 Å². The first-order chi connectivity index (χ1) is 14.4. The van der Waals surface area contributed by atoms with Gasteiger partial charge in [-0.1, -0.05) is 26.2 Å². The normalized spacial score (nSPS) is 22.8. The van der Waals surface area contributed by atoms with Crippen molar-refractivity contribution in [3.63, 3.8) is 0 Å². The van der Waals surface area contributed by atoms with Gasteiger partial charge >= 0.3 is 0 Å². The minimum absolute atomic E-state index is 0.119. The summed E-state index contributed by atoms with van der Waals surface area (Å²) < 4.78 is 27.7. The minimum atomic E-state index is -3.55. The van der Waals surface area contributed by atoms with Crippen molar-refractivity contribution in [3.05, 3.63) is 23.8 Å². The Morgan fingerprint density at radius 1 is 1.07 bits per heavy atom. The monoisotopic (exact) mass is 433 g/mol. The van der Waals surface area contributed by atoms with E-state index in [1.54, 1.807) is 34.3 Å². The molecule has 0 spiro atoms. The molecular formula is C22H31N3O4S. The molecule has 1 N–H and O–H groups in total. The minimum Gasteiger partial charge on any atom is -0.352 e. The first kappa shape index (κ1) is 21.3. The highest BCUT2D eigenvalue weighted by Crippen LogP contribution is 2.36. The molecule has 30 heavy (non-hydrogen) atoms. The number of amides is 2. The van der Waals surface area contributed by atoms with Crippen LogP contribution in [0.3, 0.4) is 0 Å². The lowest BCUT2D eigenvalue weighted by atomic mass is 10.1. The summed E-state index contributed by atoms with van der Waals surface area (Å²) in [4.78, 5) is 27.5. The number of hydrogen-bond donors (Lipinski definition) is 1. The molecule has 1 aliphatic carbocycles. The van der Waals surface area contributed by atoms with Gasteiger partial charge in [0.25, 0.3) is 0 Å². The number of carbonyl (C=O) groups excluding carboxylic acids is 2. The average Bonchev–Trinajstić information content (AvgIpc) is 3.40. The summed E-state index contributed by atoms with van der Waals surface area (Å²) >= 11 is 0. The maximum atomic E-state index is 13.1. The number of benzene rings is 1. The number of nitrogens with one attached hydrogen (secondary N) is 1. The summed E-state index contributed by atoms with van der Waals surface area (Å²) in [5, 5.41) is 3.10. The summed E-state index contributed by atoms with van der Waals surface area (Å²) in [6.07, 6.45) is 7.65. The van der Waals surface area contributed by atoms with Gasteiger partial charge in [0.15, 0.2) is 0 Å². The van der Waals surface area contributed by atoms with E-state index in [0.717, 1.165) is 50.5 Å². The molecule has 2 amide bonds. The lowest BCUT2D eigenvalue weighted by Crippen LogP contribution is -2.50. The third-order valence-electron chi connectivity index (χ3n) is 6.56. The van der Waals surface area contributed by atoms with Crippen molar-refractivity contribution in [1.82, 2.24) is 9.62 Å². The Morgan fingerprint density at radius 2 is 1.77 bits per heavy atom. The molecule has 8 heteroatoms. The third kappa shape index (κ3) is 3.99. The molecule has 7 nitrogen and oxygen atoms in total. The highest BCUT2D eigenvalue weighted by molar-refractivity contribution is 7.89. The zero-order chi connectivity index (χ0) is 21.3. The van der Waals surface area contributed by atoms with Crippen LogP contribution in [0.2, 0.25) is 0 Å². The molecule has 2 aliphatic heterocycles. The molecule has 1 aromatic carbocycles. The number of hydrogen-bond acceptors (Lipinski definition) is 4. The average molecular weight is 434 g/mol. The Labute approximate surface area is 178 Å². The lowest BCUT2D eigenvalue weighted by molar-refractivity contribution is -0.126. The quantitative estimate of drug-likeness (QED) is 0.773. The summed E-state index contributed by atoms with van der Waals surface area (Å²) in [7, 11) is -3.55. The first-order valence-electron chi connectivity index (χ1n) is 11.2. The van der Waals surface area contributed by atoms with Crippen LogP contribution in [0.25, 0.3) is 0 Å². The van der Waals surface area contributed by atoms with E-state index in [-0.39, 0.29) is 22.8 Å². The number of piperidine rings is 1. The SMILES string of the molecule is CCC(=O)N1c2ccc(S(=O)(=O)N3CCCCC3)cc2C[C@H]1C(=O)NC1CCCC1. The fourth-order valence-electron chi connectivity index (χ4n) is 4.90. The Morgan fingerprint density at radius 3 is 2.43 bits per heavy atom. The van der Waals surface area contributed by atoms with Gasteiger partial charge in [0.2, 0.25) is 21.8 Å². The molecule has 0 bridgehead atoms. The summed E-state index contributed by atoms with van der Waals surface area (Å²) in [5.41, 5.74) is 1.41. The molecule has 3 aliphatic rings. The van der Waals surface area contributed by atoms with E-state index < -0.39 is 16.1 Å². The van der Waals surface area contributed by atoms with Crippen LogP contribution >= 0.6 is 0 Å². The molecule has 0 unspecified atom stereocenters. The van der Waals surface area contributed by atoms with Crippen LogP contribution in [-0.2, 0) is 26.0 Å². The van der Waals surface area contributed by atoms with Gasteiger partial charge in [0, 0.05) is 37.7 Å². The van der Waals surface area contributed by atoms with Crippen LogP contribution in [0.4, 0.5) is 5.69 Å². The Balaban J connectivity index is 1.60. The fraction of sp³-hybridized carbons (Fsp3) is 0.636. The van der Waals surface area contributed by atoms with Crippen LogP contribution < -0.4 is 10.2 Å². The Kier molecular flexibility index (Phi) is 6.16. The topological polar surface area (TPSA) is 86.8 Å². The molecule has 1 saturated carbocycles. The Bertz CT molecular complexity index is 918. The van der Waals surface area contributed by atoms with Crippen LogP contribution in [0.1, 0.15) is 63.9 Å². The standard InChI is InChI=1S/C22H31N3O4S/c1-2-21(26)25-19-11-10-18(30(28,29)24-12-6-3-7-13-24)14-16(19)15-20(25)22(27)23-17-8-4-5-9-17/h10-11,14,17,20H,2-9,12-13,15H2,1H3,(H,23,27)/t20-/m0/s1. The Hall–Kier alpha value is -1.93. The number of anilines is 1. The first-order valence-corrected chi connectivity index (χ1v) is 12.6. The van der Waals surface area contributed by atoms with Crippen LogP contribution in [-0.4, -0.2) is 49.7 Å². The van der Waals surface area contributed by atoms with E-state index in [9.17, 15) is 18.0 Å². The summed E-state index contributed by atoms with van der Waals surface area (Å²) in [6.45, 7) is 2.88. The van der Waals surface area contributed by atoms with E-state index in [2.05, 4.69) is 5.32 Å². The molecule has 0 aromatic heterocycles. The highest BCUT2D eigenvalue weighted by Gasteiger charge is 2.39. The van der Waals surface area contributed by atoms with Gasteiger partial charge in [-0.3, -0.25) is 14.5 Å². The smallest absolute Gasteiger partial charge is 0.243 e. The molecule has 2 fully saturated rings. The number of carbonyl (C=O) groups is 2. The molecule has 0 radical (unpaired) electrons. The van der Waals surface area contributed by atoms with E-state index in [0.29, 0.717) is 31.6 Å². The van der Waals surface area contributed by atoms with Crippen LogP contribution in [0.5, 0.6) is 0 Å². The summed E-state index contributed by atoms with van der Waals surface area (Å²) in [6, 6.07) is 4.51. The lowest BCUT2D eigenvalue weighted by Gasteiger charge is -2.27. The van der Waals surface area contributed by atoms with Crippen molar-refractivity contribution in [3.8, 4) is 0 Å². The predicted molar refractivity (Wildman–Crippen MR) is 115 cm³/mol. The van der Waals surface area contributed by atoms with E-state index in [1.165, 1.54) is 0 Å². The number of rotatable bonds is 5. The molecule has 164 valence electrons. The molecule has 1 saturated heterocycles. The van der Waals surface area contributed by atoms with Crippen molar-refractivity contribution in [1.29, 1.82) is 0 Å². The second kappa shape index (κ2) is 8.67. The van der Waals surface area contributed by atoms with Crippen LogP contribution in [0, 0.1) is 0 Å². The highest BCUT2D eigenvalue weighted by atomic mass is 32.2. The maximum absolute atomic E-state index is 13.1. The molecule has 4 rings (SSSR count). The number of nitrogens with zero attached hydrogens (tertiary/aromatic N) is 2. The number of sulfonamides is 1. The van der Waals surface area contributed by atoms with Gasteiger partial charge in [-0.25, -0.2) is 8.42 Å². The van der Waals surface area contributed by atoms with Gasteiger partial charge in [-0.2, -0.15) is 4.31 Å². The summed E-state index contributed by atoms with van der Waals surface area (Å²) in [5.74, 6) is -0.257. The number of fused-ring (bicyclic) bond motifs is 1. The molecule has 1 aromatic rings. The van der Waals surface area contributed by atoms with E-state index >= 15 is 0 Å². The van der Waals surface area contributed by atoms with Gasteiger partial charge in [-0.15, -0.1) is 0 Å². The molecule has 2 heterocycles. The molecule has 1 atom stereocenters. The zero-order valence-electron chi connectivity index (χ0n) is 17.6. The van der Waals surface area contributed by atoms with Crippen molar-refractivity contribution < 1.29 is 18.0 Å².